The first kappa shape index (κ1) is 12.8. The van der Waals surface area contributed by atoms with E-state index >= 15 is 0 Å². The fraction of sp³-hybridized carbons (Fsp3) is 0.133. The van der Waals surface area contributed by atoms with Gasteiger partial charge in [-0.1, -0.05) is 48.0 Å². The molecule has 0 heterocycles. The summed E-state index contributed by atoms with van der Waals surface area (Å²) in [6, 6.07) is 13.9. The van der Waals surface area contributed by atoms with Gasteiger partial charge in [-0.25, -0.2) is 4.39 Å². The van der Waals surface area contributed by atoms with Crippen molar-refractivity contribution >= 4 is 17.4 Å². The van der Waals surface area contributed by atoms with Crippen molar-refractivity contribution in [2.45, 2.75) is 12.8 Å². The zero-order chi connectivity index (χ0) is 13.0. The van der Waals surface area contributed by atoms with E-state index in [0.717, 1.165) is 11.1 Å². The molecule has 0 aromatic heterocycles. The number of halogens is 2. The van der Waals surface area contributed by atoms with Crippen molar-refractivity contribution in [3.63, 3.8) is 0 Å². The maximum Gasteiger partial charge on any atom is 0.141 e. The Morgan fingerprint density at radius 1 is 1.00 bits per heavy atom. The first-order chi connectivity index (χ1) is 8.65. The van der Waals surface area contributed by atoms with Gasteiger partial charge in [-0.15, -0.1) is 0 Å². The number of benzene rings is 2. The summed E-state index contributed by atoms with van der Waals surface area (Å²) in [7, 11) is 0. The number of hydrogen-bond acceptors (Lipinski definition) is 1. The third-order valence-electron chi connectivity index (χ3n) is 2.63. The summed E-state index contributed by atoms with van der Waals surface area (Å²) in [5.74, 6) is -0.375. The lowest BCUT2D eigenvalue weighted by Crippen LogP contribution is -2.06. The van der Waals surface area contributed by atoms with E-state index in [-0.39, 0.29) is 17.2 Å². The molecule has 0 aliphatic rings. The van der Waals surface area contributed by atoms with E-state index in [9.17, 15) is 9.18 Å². The number of Topliss-reactive ketones (excluding diaryl/α,β-unsaturated/α-hetero) is 1. The minimum Gasteiger partial charge on any atom is -0.299 e. The first-order valence-corrected chi connectivity index (χ1v) is 6.02. The van der Waals surface area contributed by atoms with Gasteiger partial charge in [-0.2, -0.15) is 0 Å². The van der Waals surface area contributed by atoms with Gasteiger partial charge in [0.25, 0.3) is 0 Å². The van der Waals surface area contributed by atoms with Crippen LogP contribution in [0.3, 0.4) is 0 Å². The average molecular weight is 263 g/mol. The van der Waals surface area contributed by atoms with E-state index in [0.29, 0.717) is 6.42 Å². The third kappa shape index (κ3) is 3.41. The molecule has 0 spiro atoms. The highest BCUT2D eigenvalue weighted by Gasteiger charge is 2.07. The molecule has 0 bridgehead atoms. The summed E-state index contributed by atoms with van der Waals surface area (Å²) in [4.78, 5) is 11.8. The Morgan fingerprint density at radius 3 is 2.33 bits per heavy atom. The summed E-state index contributed by atoms with van der Waals surface area (Å²) >= 11 is 5.67. The Balaban J connectivity index is 2.01. The second-order valence-electron chi connectivity index (χ2n) is 4.13. The molecule has 2 aromatic carbocycles. The van der Waals surface area contributed by atoms with Crippen LogP contribution < -0.4 is 0 Å². The van der Waals surface area contributed by atoms with Gasteiger partial charge in [0, 0.05) is 12.8 Å². The molecule has 2 rings (SSSR count). The molecule has 0 radical (unpaired) electrons. The molecule has 0 aliphatic carbocycles. The van der Waals surface area contributed by atoms with Gasteiger partial charge < -0.3 is 0 Å². The summed E-state index contributed by atoms with van der Waals surface area (Å²) < 4.78 is 13.0. The molecule has 0 saturated carbocycles. The van der Waals surface area contributed by atoms with Crippen molar-refractivity contribution in [3.8, 4) is 0 Å². The number of hydrogen-bond donors (Lipinski definition) is 0. The molecule has 0 unspecified atom stereocenters. The van der Waals surface area contributed by atoms with Crippen LogP contribution in [0.25, 0.3) is 0 Å². The third-order valence-corrected chi connectivity index (χ3v) is 2.92. The van der Waals surface area contributed by atoms with E-state index < -0.39 is 5.82 Å². The molecule has 0 atom stereocenters. The molecule has 18 heavy (non-hydrogen) atoms. The smallest absolute Gasteiger partial charge is 0.141 e. The topological polar surface area (TPSA) is 17.1 Å². The summed E-state index contributed by atoms with van der Waals surface area (Å²) in [6.07, 6.45) is 0.657. The zero-order valence-electron chi connectivity index (χ0n) is 9.70. The monoisotopic (exact) mass is 262 g/mol. The van der Waals surface area contributed by atoms with Crippen LogP contribution >= 0.6 is 11.6 Å². The predicted octanol–water partition coefficient (Wildman–Crippen LogP) is 3.83. The second-order valence-corrected chi connectivity index (χ2v) is 4.53. The normalized spacial score (nSPS) is 10.3. The van der Waals surface area contributed by atoms with Crippen LogP contribution in [0.15, 0.2) is 48.5 Å². The molecule has 0 N–H and O–H groups in total. The summed E-state index contributed by atoms with van der Waals surface area (Å²) in [5.41, 5.74) is 1.72. The molecule has 0 saturated heterocycles. The Morgan fingerprint density at radius 2 is 1.67 bits per heavy atom. The minimum absolute atomic E-state index is 0.0556. The predicted molar refractivity (Wildman–Crippen MR) is 70.3 cm³/mol. The van der Waals surface area contributed by atoms with Crippen LogP contribution in [0.5, 0.6) is 0 Å². The molecule has 92 valence electrons. The van der Waals surface area contributed by atoms with Gasteiger partial charge in [-0.3, -0.25) is 4.79 Å². The lowest BCUT2D eigenvalue weighted by molar-refractivity contribution is -0.117. The highest BCUT2D eigenvalue weighted by Crippen LogP contribution is 2.16. The van der Waals surface area contributed by atoms with Crippen LogP contribution in [0.1, 0.15) is 11.1 Å². The Hall–Kier alpha value is -1.67. The molecule has 0 amide bonds. The van der Waals surface area contributed by atoms with E-state index in [4.69, 9.17) is 11.6 Å². The standard InChI is InChI=1S/C15H12ClFO/c16-14-10-12(6-7-15(14)17)9-13(18)8-11-4-2-1-3-5-11/h1-7,10H,8-9H2. The molecular formula is C15H12ClFO. The van der Waals surface area contributed by atoms with Gasteiger partial charge >= 0.3 is 0 Å². The van der Waals surface area contributed by atoms with Crippen molar-refractivity contribution in [2.24, 2.45) is 0 Å². The van der Waals surface area contributed by atoms with Crippen molar-refractivity contribution in [1.82, 2.24) is 0 Å². The van der Waals surface area contributed by atoms with Crippen molar-refractivity contribution in [1.29, 1.82) is 0 Å². The van der Waals surface area contributed by atoms with Crippen molar-refractivity contribution in [2.75, 3.05) is 0 Å². The Bertz CT molecular complexity index is 552. The van der Waals surface area contributed by atoms with Crippen molar-refractivity contribution < 1.29 is 9.18 Å². The van der Waals surface area contributed by atoms with Crippen LogP contribution in [0.2, 0.25) is 5.02 Å². The van der Waals surface area contributed by atoms with E-state index in [1.165, 1.54) is 12.1 Å². The van der Waals surface area contributed by atoms with Gasteiger partial charge in [0.2, 0.25) is 0 Å². The molecule has 2 aromatic rings. The van der Waals surface area contributed by atoms with Crippen LogP contribution in [-0.4, -0.2) is 5.78 Å². The first-order valence-electron chi connectivity index (χ1n) is 5.65. The second kappa shape index (κ2) is 5.78. The van der Waals surface area contributed by atoms with Gasteiger partial charge in [-0.05, 0) is 23.3 Å². The SMILES string of the molecule is O=C(Cc1ccccc1)Cc1ccc(F)c(Cl)c1. The lowest BCUT2D eigenvalue weighted by atomic mass is 10.0. The van der Waals surface area contributed by atoms with E-state index in [2.05, 4.69) is 0 Å². The lowest BCUT2D eigenvalue weighted by Gasteiger charge is -2.03. The highest BCUT2D eigenvalue weighted by atomic mass is 35.5. The van der Waals surface area contributed by atoms with Gasteiger partial charge in [0.1, 0.15) is 11.6 Å². The van der Waals surface area contributed by atoms with Gasteiger partial charge in [0.05, 0.1) is 5.02 Å². The Labute approximate surface area is 110 Å². The van der Waals surface area contributed by atoms with Crippen LogP contribution in [-0.2, 0) is 17.6 Å². The van der Waals surface area contributed by atoms with E-state index in [1.54, 1.807) is 6.07 Å². The van der Waals surface area contributed by atoms with E-state index in [1.807, 2.05) is 30.3 Å². The number of carbonyl (C=O) groups excluding carboxylic acids is 1. The summed E-state index contributed by atoms with van der Waals surface area (Å²) in [5, 5.41) is 0.0556. The zero-order valence-corrected chi connectivity index (χ0v) is 10.5. The van der Waals surface area contributed by atoms with Crippen LogP contribution in [0, 0.1) is 5.82 Å². The largest absolute Gasteiger partial charge is 0.299 e. The highest BCUT2D eigenvalue weighted by molar-refractivity contribution is 6.30. The fourth-order valence-electron chi connectivity index (χ4n) is 1.76. The Kier molecular flexibility index (Phi) is 4.11. The number of carbonyl (C=O) groups is 1. The summed E-state index contributed by atoms with van der Waals surface area (Å²) in [6.45, 7) is 0. The number of ketones is 1. The fourth-order valence-corrected chi connectivity index (χ4v) is 1.97. The van der Waals surface area contributed by atoms with Crippen LogP contribution in [0.4, 0.5) is 4.39 Å². The average Bonchev–Trinajstić information content (AvgIpc) is 2.35. The number of rotatable bonds is 4. The quantitative estimate of drug-likeness (QED) is 0.818. The molecular weight excluding hydrogens is 251 g/mol. The molecule has 0 aliphatic heterocycles. The van der Waals surface area contributed by atoms with Gasteiger partial charge in [0.15, 0.2) is 0 Å². The maximum atomic E-state index is 13.0. The molecule has 0 fully saturated rings. The van der Waals surface area contributed by atoms with Crippen molar-refractivity contribution in [3.05, 3.63) is 70.5 Å². The minimum atomic E-state index is -0.462. The maximum absolute atomic E-state index is 13.0. The molecule has 1 nitrogen and oxygen atoms in total. The molecule has 3 heteroatoms.